The van der Waals surface area contributed by atoms with Gasteiger partial charge in [-0.2, -0.15) is 0 Å². The van der Waals surface area contributed by atoms with Crippen molar-refractivity contribution >= 4 is 5.91 Å². The number of hydrogen-bond donors (Lipinski definition) is 2. The van der Waals surface area contributed by atoms with Crippen molar-refractivity contribution in [1.29, 1.82) is 0 Å². The van der Waals surface area contributed by atoms with Crippen molar-refractivity contribution in [2.75, 3.05) is 6.54 Å². The van der Waals surface area contributed by atoms with E-state index in [2.05, 4.69) is 22.2 Å². The Kier molecular flexibility index (Phi) is 4.01. The number of amides is 1. The van der Waals surface area contributed by atoms with E-state index < -0.39 is 0 Å². The summed E-state index contributed by atoms with van der Waals surface area (Å²) >= 11 is 0. The summed E-state index contributed by atoms with van der Waals surface area (Å²) in [6, 6.07) is 0. The molecule has 0 saturated carbocycles. The summed E-state index contributed by atoms with van der Waals surface area (Å²) in [6.07, 6.45) is 4.36. The maximum absolute atomic E-state index is 12.1. The lowest BCUT2D eigenvalue weighted by Crippen LogP contribution is -2.38. The fourth-order valence-electron chi connectivity index (χ4n) is 2.58. The van der Waals surface area contributed by atoms with Crippen LogP contribution in [-0.2, 0) is 16.0 Å². The minimum atomic E-state index is -0.0400. The van der Waals surface area contributed by atoms with E-state index >= 15 is 0 Å². The minimum absolute atomic E-state index is 0.00199. The van der Waals surface area contributed by atoms with Crippen LogP contribution in [0.15, 0.2) is 12.5 Å². The molecule has 1 fully saturated rings. The van der Waals surface area contributed by atoms with Crippen LogP contribution in [0.3, 0.4) is 0 Å². The first kappa shape index (κ1) is 13.1. The van der Waals surface area contributed by atoms with Gasteiger partial charge in [-0.3, -0.25) is 4.79 Å². The van der Waals surface area contributed by atoms with Crippen LogP contribution >= 0.6 is 0 Å². The van der Waals surface area contributed by atoms with Gasteiger partial charge in [0.2, 0.25) is 5.91 Å². The first-order valence-corrected chi connectivity index (χ1v) is 6.50. The van der Waals surface area contributed by atoms with Crippen LogP contribution in [0, 0.1) is 11.8 Å². The third kappa shape index (κ3) is 2.72. The van der Waals surface area contributed by atoms with E-state index in [4.69, 9.17) is 4.74 Å². The van der Waals surface area contributed by atoms with Crippen molar-refractivity contribution in [3.8, 4) is 0 Å². The quantitative estimate of drug-likeness (QED) is 0.843. The molecule has 0 spiro atoms. The minimum Gasteiger partial charge on any atom is -0.374 e. The van der Waals surface area contributed by atoms with Crippen molar-refractivity contribution < 1.29 is 9.53 Å². The molecule has 5 heteroatoms. The van der Waals surface area contributed by atoms with Gasteiger partial charge in [0.05, 0.1) is 24.5 Å². The number of aromatic nitrogens is 2. The number of nitrogens with zero attached hydrogens (tertiary/aromatic N) is 1. The molecule has 1 amide bonds. The van der Waals surface area contributed by atoms with Crippen LogP contribution in [0.4, 0.5) is 0 Å². The SMILES string of the molecule is CC1OC(C)C(C(=O)NCCc2cnc[nH]2)C1C. The number of aromatic amines is 1. The Hall–Kier alpha value is -1.36. The predicted octanol–water partition coefficient (Wildman–Crippen LogP) is 1.13. The molecular formula is C13H21N3O2. The number of ether oxygens (including phenoxy) is 1. The molecule has 0 bridgehead atoms. The normalized spacial score (nSPS) is 31.5. The van der Waals surface area contributed by atoms with Gasteiger partial charge in [-0.05, 0) is 19.8 Å². The molecule has 4 atom stereocenters. The van der Waals surface area contributed by atoms with Gasteiger partial charge in [-0.15, -0.1) is 0 Å². The van der Waals surface area contributed by atoms with E-state index in [0.717, 1.165) is 12.1 Å². The summed E-state index contributed by atoms with van der Waals surface area (Å²) in [5.74, 6) is 0.327. The molecule has 2 N–H and O–H groups in total. The van der Waals surface area contributed by atoms with Crippen LogP contribution in [0.2, 0.25) is 0 Å². The molecule has 0 aliphatic carbocycles. The van der Waals surface area contributed by atoms with E-state index in [1.807, 2.05) is 13.8 Å². The highest BCUT2D eigenvalue weighted by Crippen LogP contribution is 2.32. The van der Waals surface area contributed by atoms with Crippen LogP contribution in [0.5, 0.6) is 0 Å². The smallest absolute Gasteiger partial charge is 0.226 e. The summed E-state index contributed by atoms with van der Waals surface area (Å²) in [5.41, 5.74) is 1.03. The monoisotopic (exact) mass is 251 g/mol. The molecule has 1 aliphatic rings. The first-order valence-electron chi connectivity index (χ1n) is 6.50. The second-order valence-corrected chi connectivity index (χ2v) is 5.05. The van der Waals surface area contributed by atoms with Gasteiger partial charge in [0.1, 0.15) is 0 Å². The van der Waals surface area contributed by atoms with Crippen LogP contribution in [-0.4, -0.2) is 34.6 Å². The summed E-state index contributed by atoms with van der Waals surface area (Å²) in [6.45, 7) is 6.71. The number of H-pyrrole nitrogens is 1. The highest BCUT2D eigenvalue weighted by molar-refractivity contribution is 5.79. The average Bonchev–Trinajstić information content (AvgIpc) is 2.89. The summed E-state index contributed by atoms with van der Waals surface area (Å²) in [7, 11) is 0. The molecule has 5 nitrogen and oxygen atoms in total. The molecular weight excluding hydrogens is 230 g/mol. The van der Waals surface area contributed by atoms with Crippen LogP contribution in [0.25, 0.3) is 0 Å². The van der Waals surface area contributed by atoms with Gasteiger partial charge in [0.25, 0.3) is 0 Å². The van der Waals surface area contributed by atoms with Crippen molar-refractivity contribution in [3.05, 3.63) is 18.2 Å². The number of carbonyl (C=O) groups is 1. The molecule has 1 aromatic rings. The second-order valence-electron chi connectivity index (χ2n) is 5.05. The third-order valence-corrected chi connectivity index (χ3v) is 3.79. The molecule has 1 saturated heterocycles. The molecule has 1 aliphatic heterocycles. The third-order valence-electron chi connectivity index (χ3n) is 3.79. The lowest BCUT2D eigenvalue weighted by atomic mass is 9.89. The molecule has 0 aromatic carbocycles. The zero-order chi connectivity index (χ0) is 13.1. The van der Waals surface area contributed by atoms with Crippen LogP contribution in [0.1, 0.15) is 26.5 Å². The number of nitrogens with one attached hydrogen (secondary N) is 2. The summed E-state index contributed by atoms with van der Waals surface area (Å²) in [4.78, 5) is 19.1. The summed E-state index contributed by atoms with van der Waals surface area (Å²) in [5, 5.41) is 2.98. The van der Waals surface area contributed by atoms with Crippen molar-refractivity contribution in [2.45, 2.75) is 39.4 Å². The van der Waals surface area contributed by atoms with Gasteiger partial charge < -0.3 is 15.0 Å². The molecule has 100 valence electrons. The van der Waals surface area contributed by atoms with Gasteiger partial charge >= 0.3 is 0 Å². The number of carbonyl (C=O) groups excluding carboxylic acids is 1. The van der Waals surface area contributed by atoms with Gasteiger partial charge in [-0.1, -0.05) is 6.92 Å². The average molecular weight is 251 g/mol. The Morgan fingerprint density at radius 3 is 2.78 bits per heavy atom. The highest BCUT2D eigenvalue weighted by atomic mass is 16.5. The standard InChI is InChI=1S/C13H21N3O2/c1-8-9(2)18-10(3)12(8)13(17)15-5-4-11-6-14-7-16-11/h6-10,12H,4-5H2,1-3H3,(H,14,16)(H,15,17). The fourth-order valence-corrected chi connectivity index (χ4v) is 2.58. The maximum Gasteiger partial charge on any atom is 0.226 e. The fraction of sp³-hybridized carbons (Fsp3) is 0.692. The predicted molar refractivity (Wildman–Crippen MR) is 68.0 cm³/mol. The Labute approximate surface area is 107 Å². The molecule has 2 rings (SSSR count). The Morgan fingerprint density at radius 2 is 2.22 bits per heavy atom. The Bertz CT molecular complexity index is 391. The number of imidazole rings is 1. The van der Waals surface area contributed by atoms with Gasteiger partial charge in [0.15, 0.2) is 0 Å². The molecule has 2 heterocycles. The molecule has 1 aromatic heterocycles. The zero-order valence-corrected chi connectivity index (χ0v) is 11.1. The highest BCUT2D eigenvalue weighted by Gasteiger charge is 2.41. The maximum atomic E-state index is 12.1. The lowest BCUT2D eigenvalue weighted by Gasteiger charge is -2.17. The summed E-state index contributed by atoms with van der Waals surface area (Å²) < 4.78 is 5.68. The van der Waals surface area contributed by atoms with Gasteiger partial charge in [0, 0.05) is 24.9 Å². The van der Waals surface area contributed by atoms with E-state index in [9.17, 15) is 4.79 Å². The largest absolute Gasteiger partial charge is 0.374 e. The zero-order valence-electron chi connectivity index (χ0n) is 11.1. The second kappa shape index (κ2) is 5.52. The van der Waals surface area contributed by atoms with Crippen molar-refractivity contribution in [2.24, 2.45) is 11.8 Å². The van der Waals surface area contributed by atoms with E-state index in [-0.39, 0.29) is 30.0 Å². The van der Waals surface area contributed by atoms with E-state index in [0.29, 0.717) is 6.54 Å². The van der Waals surface area contributed by atoms with Crippen LogP contribution < -0.4 is 5.32 Å². The molecule has 4 unspecified atom stereocenters. The van der Waals surface area contributed by atoms with Crippen molar-refractivity contribution in [3.63, 3.8) is 0 Å². The van der Waals surface area contributed by atoms with E-state index in [1.54, 1.807) is 12.5 Å². The van der Waals surface area contributed by atoms with Gasteiger partial charge in [-0.25, -0.2) is 4.98 Å². The Morgan fingerprint density at radius 1 is 1.44 bits per heavy atom. The topological polar surface area (TPSA) is 67.0 Å². The van der Waals surface area contributed by atoms with E-state index in [1.165, 1.54) is 0 Å². The first-order chi connectivity index (χ1) is 8.59. The number of rotatable bonds is 4. The Balaban J connectivity index is 1.81. The molecule has 0 radical (unpaired) electrons. The molecule has 18 heavy (non-hydrogen) atoms. The van der Waals surface area contributed by atoms with Crippen molar-refractivity contribution in [1.82, 2.24) is 15.3 Å². The lowest BCUT2D eigenvalue weighted by molar-refractivity contribution is -0.127. The number of hydrogen-bond acceptors (Lipinski definition) is 3.